The van der Waals surface area contributed by atoms with E-state index in [1.807, 2.05) is 0 Å². The summed E-state index contributed by atoms with van der Waals surface area (Å²) in [6.07, 6.45) is 0. The molecule has 11 heavy (non-hydrogen) atoms. The molecule has 0 saturated carbocycles. The summed E-state index contributed by atoms with van der Waals surface area (Å²) < 4.78 is 1.65. The first-order valence-corrected chi connectivity index (χ1v) is 8.19. The zero-order valence-corrected chi connectivity index (χ0v) is 10.5. The molecule has 1 aromatic carbocycles. The second-order valence-corrected chi connectivity index (χ2v) is 5.89. The summed E-state index contributed by atoms with van der Waals surface area (Å²) in [5.74, 6) is 0. The summed E-state index contributed by atoms with van der Waals surface area (Å²) in [4.78, 5) is 2.38. The first-order chi connectivity index (χ1) is 5.16. The summed E-state index contributed by atoms with van der Waals surface area (Å²) in [5.41, 5.74) is 4.46. The van der Waals surface area contributed by atoms with Gasteiger partial charge in [0, 0.05) is 0 Å². The molecule has 0 N–H and O–H groups in total. The fourth-order valence-corrected chi connectivity index (χ4v) is 3.55. The second-order valence-electron chi connectivity index (χ2n) is 2.93. The van der Waals surface area contributed by atoms with Crippen molar-refractivity contribution in [1.29, 1.82) is 0 Å². The van der Waals surface area contributed by atoms with Crippen molar-refractivity contribution in [2.45, 2.75) is 25.7 Å². The summed E-state index contributed by atoms with van der Waals surface area (Å²) >= 11 is -0.226. The van der Waals surface area contributed by atoms with Crippen molar-refractivity contribution >= 4 is 24.7 Å². The summed E-state index contributed by atoms with van der Waals surface area (Å²) in [7, 11) is 0. The van der Waals surface area contributed by atoms with Crippen molar-refractivity contribution in [3.8, 4) is 0 Å². The number of benzene rings is 1. The topological polar surface area (TPSA) is 0 Å². The predicted octanol–water partition coefficient (Wildman–Crippen LogP) is 1.99. The maximum absolute atomic E-state index is 2.38. The maximum atomic E-state index is 2.38. The normalized spacial score (nSPS) is 10.2. The molecular weight excluding hydrogens is 239 g/mol. The van der Waals surface area contributed by atoms with Gasteiger partial charge in [0.25, 0.3) is 0 Å². The summed E-state index contributed by atoms with van der Waals surface area (Å²) in [6, 6.07) is 4.56. The SMILES string of the molecule is [CH3][Sn][c]1ccc(C)c(C)c1C. The van der Waals surface area contributed by atoms with Crippen LogP contribution in [0.25, 0.3) is 0 Å². The Morgan fingerprint density at radius 3 is 2.18 bits per heavy atom. The molecule has 2 radical (unpaired) electrons. The van der Waals surface area contributed by atoms with Crippen LogP contribution in [0.3, 0.4) is 0 Å². The third kappa shape index (κ3) is 1.78. The van der Waals surface area contributed by atoms with Gasteiger partial charge in [-0.2, -0.15) is 0 Å². The zero-order chi connectivity index (χ0) is 8.43. The monoisotopic (exact) mass is 254 g/mol. The Balaban J connectivity index is 3.25. The minimum absolute atomic E-state index is 0.226. The molecule has 0 aliphatic rings. The van der Waals surface area contributed by atoms with E-state index in [4.69, 9.17) is 0 Å². The van der Waals surface area contributed by atoms with Crippen LogP contribution in [0.4, 0.5) is 0 Å². The van der Waals surface area contributed by atoms with Crippen LogP contribution in [0.15, 0.2) is 12.1 Å². The second kappa shape index (κ2) is 3.61. The molecular formula is C10H14Sn. The summed E-state index contributed by atoms with van der Waals surface area (Å²) in [5, 5.41) is 0. The van der Waals surface area contributed by atoms with Gasteiger partial charge in [0.15, 0.2) is 0 Å². The van der Waals surface area contributed by atoms with Gasteiger partial charge in [-0.25, -0.2) is 0 Å². The van der Waals surface area contributed by atoms with E-state index in [2.05, 4.69) is 37.8 Å². The molecule has 0 fully saturated rings. The molecule has 0 nitrogen and oxygen atoms in total. The van der Waals surface area contributed by atoms with Gasteiger partial charge in [0.05, 0.1) is 0 Å². The van der Waals surface area contributed by atoms with Crippen molar-refractivity contribution in [2.75, 3.05) is 0 Å². The van der Waals surface area contributed by atoms with Crippen molar-refractivity contribution in [3.63, 3.8) is 0 Å². The molecule has 1 aromatic rings. The molecule has 58 valence electrons. The number of rotatable bonds is 1. The molecule has 0 unspecified atom stereocenters. The zero-order valence-electron chi connectivity index (χ0n) is 7.65. The van der Waals surface area contributed by atoms with Gasteiger partial charge in [-0.15, -0.1) is 0 Å². The van der Waals surface area contributed by atoms with Crippen molar-refractivity contribution in [3.05, 3.63) is 28.8 Å². The van der Waals surface area contributed by atoms with E-state index in [0.29, 0.717) is 0 Å². The Morgan fingerprint density at radius 1 is 1.00 bits per heavy atom. The van der Waals surface area contributed by atoms with Crippen molar-refractivity contribution < 1.29 is 0 Å². The molecule has 0 amide bonds. The van der Waals surface area contributed by atoms with Crippen LogP contribution in [0.2, 0.25) is 4.94 Å². The van der Waals surface area contributed by atoms with E-state index in [0.717, 1.165) is 0 Å². The van der Waals surface area contributed by atoms with E-state index in [1.165, 1.54) is 11.1 Å². The van der Waals surface area contributed by atoms with Crippen molar-refractivity contribution in [2.24, 2.45) is 0 Å². The minimum atomic E-state index is -0.226. The van der Waals surface area contributed by atoms with Crippen LogP contribution in [0.1, 0.15) is 16.7 Å². The molecule has 0 heterocycles. The third-order valence-electron chi connectivity index (χ3n) is 2.33. The van der Waals surface area contributed by atoms with Gasteiger partial charge >= 0.3 is 79.3 Å². The quantitative estimate of drug-likeness (QED) is 0.671. The predicted molar refractivity (Wildman–Crippen MR) is 51.9 cm³/mol. The van der Waals surface area contributed by atoms with Crippen LogP contribution >= 0.6 is 0 Å². The first kappa shape index (κ1) is 9.11. The Bertz CT molecular complexity index is 264. The Labute approximate surface area is 79.2 Å². The molecule has 0 atom stereocenters. The fraction of sp³-hybridized carbons (Fsp3) is 0.400. The van der Waals surface area contributed by atoms with Gasteiger partial charge in [-0.3, -0.25) is 0 Å². The third-order valence-corrected chi connectivity index (χ3v) is 5.41. The van der Waals surface area contributed by atoms with E-state index < -0.39 is 0 Å². The molecule has 1 rings (SSSR count). The van der Waals surface area contributed by atoms with Crippen molar-refractivity contribution in [1.82, 2.24) is 0 Å². The van der Waals surface area contributed by atoms with E-state index in [1.54, 1.807) is 9.14 Å². The molecule has 1 heteroatoms. The van der Waals surface area contributed by atoms with Gasteiger partial charge < -0.3 is 0 Å². The average molecular weight is 253 g/mol. The standard InChI is InChI=1S/C9H11.CH3.Sn/c1-7-5-4-6-8(2)9(7)3;;/h4-5H,1-3H3;1H3;. The van der Waals surface area contributed by atoms with Crippen LogP contribution in [-0.2, 0) is 0 Å². The van der Waals surface area contributed by atoms with E-state index >= 15 is 0 Å². The molecule has 0 spiro atoms. The number of aryl methyl sites for hydroxylation is 1. The Morgan fingerprint density at radius 2 is 1.64 bits per heavy atom. The van der Waals surface area contributed by atoms with Crippen LogP contribution in [0.5, 0.6) is 0 Å². The van der Waals surface area contributed by atoms with Crippen LogP contribution in [-0.4, -0.2) is 21.1 Å². The number of hydrogen-bond donors (Lipinski definition) is 0. The Kier molecular flexibility index (Phi) is 2.99. The summed E-state index contributed by atoms with van der Waals surface area (Å²) in [6.45, 7) is 6.66. The molecule has 0 aliphatic carbocycles. The average Bonchev–Trinajstić information content (AvgIpc) is 2.01. The van der Waals surface area contributed by atoms with Crippen LogP contribution < -0.4 is 3.58 Å². The van der Waals surface area contributed by atoms with E-state index in [9.17, 15) is 0 Å². The molecule has 0 aromatic heterocycles. The first-order valence-electron chi connectivity index (χ1n) is 3.91. The van der Waals surface area contributed by atoms with Gasteiger partial charge in [0.1, 0.15) is 0 Å². The number of hydrogen-bond acceptors (Lipinski definition) is 0. The van der Waals surface area contributed by atoms with Gasteiger partial charge in [-0.05, 0) is 0 Å². The van der Waals surface area contributed by atoms with Gasteiger partial charge in [-0.1, -0.05) is 0 Å². The molecule has 0 aliphatic heterocycles. The molecule has 0 saturated heterocycles. The molecule has 0 bridgehead atoms. The van der Waals surface area contributed by atoms with E-state index in [-0.39, 0.29) is 21.1 Å². The Hall–Kier alpha value is 0.0187. The van der Waals surface area contributed by atoms with Gasteiger partial charge in [0.2, 0.25) is 0 Å². The fourth-order valence-electron chi connectivity index (χ4n) is 1.23. The van der Waals surface area contributed by atoms with Crippen LogP contribution in [0, 0.1) is 20.8 Å².